The molecule has 5 rings (SSSR count). The number of para-hydroxylation sites is 1. The molecule has 2 N–H and O–H groups in total. The fourth-order valence-electron chi connectivity index (χ4n) is 4.66. The first-order valence-corrected chi connectivity index (χ1v) is 12.3. The molecule has 2 aliphatic rings. The maximum Gasteiger partial charge on any atom is 0.273 e. The van der Waals surface area contributed by atoms with Gasteiger partial charge >= 0.3 is 0 Å². The number of carbonyl (C=O) groups is 1. The highest BCUT2D eigenvalue weighted by atomic mass is 32.2. The van der Waals surface area contributed by atoms with E-state index < -0.39 is 21.9 Å². The number of nitrogens with zero attached hydrogens (tertiary/aromatic N) is 2. The lowest BCUT2D eigenvalue weighted by Crippen LogP contribution is -2.40. The Labute approximate surface area is 185 Å². The summed E-state index contributed by atoms with van der Waals surface area (Å²) in [5.41, 5.74) is 2.78. The Morgan fingerprint density at radius 2 is 1.94 bits per heavy atom. The third-order valence-electron chi connectivity index (χ3n) is 6.07. The molecule has 8 nitrogen and oxygen atoms in total. The van der Waals surface area contributed by atoms with Crippen LogP contribution < -0.4 is 4.74 Å². The van der Waals surface area contributed by atoms with Gasteiger partial charge in [0.25, 0.3) is 5.91 Å². The number of phenols is 1. The van der Waals surface area contributed by atoms with E-state index in [-0.39, 0.29) is 23.2 Å². The highest BCUT2D eigenvalue weighted by Gasteiger charge is 2.48. The second kappa shape index (κ2) is 7.67. The van der Waals surface area contributed by atoms with Gasteiger partial charge in [0.05, 0.1) is 24.2 Å². The molecule has 1 fully saturated rings. The topological polar surface area (TPSA) is 113 Å². The van der Waals surface area contributed by atoms with Gasteiger partial charge in [0.1, 0.15) is 22.9 Å². The van der Waals surface area contributed by atoms with Crippen molar-refractivity contribution in [3.8, 4) is 22.8 Å². The van der Waals surface area contributed by atoms with Gasteiger partial charge < -0.3 is 14.7 Å². The molecule has 0 aliphatic carbocycles. The smallest absolute Gasteiger partial charge is 0.273 e. The number of hydrogen-bond acceptors (Lipinski definition) is 6. The van der Waals surface area contributed by atoms with Gasteiger partial charge in [-0.15, -0.1) is 0 Å². The Kier molecular flexibility index (Phi) is 4.93. The third-order valence-corrected chi connectivity index (χ3v) is 7.82. The lowest BCUT2D eigenvalue weighted by molar-refractivity contribution is 0.0677. The number of aromatic amines is 1. The summed E-state index contributed by atoms with van der Waals surface area (Å²) in [5.74, 6) is 0.493. The minimum absolute atomic E-state index is 0.0570. The van der Waals surface area contributed by atoms with Crippen molar-refractivity contribution in [1.29, 1.82) is 0 Å². The van der Waals surface area contributed by atoms with Crippen molar-refractivity contribution >= 4 is 15.7 Å². The van der Waals surface area contributed by atoms with Crippen LogP contribution in [0.4, 0.5) is 0 Å². The molecule has 0 spiro atoms. The van der Waals surface area contributed by atoms with Crippen molar-refractivity contribution in [3.63, 3.8) is 0 Å². The maximum atomic E-state index is 13.5. The Morgan fingerprint density at radius 3 is 2.59 bits per heavy atom. The number of aromatic nitrogens is 2. The zero-order valence-electron chi connectivity index (χ0n) is 17.5. The summed E-state index contributed by atoms with van der Waals surface area (Å²) in [6.07, 6.45) is 0.394. The molecule has 1 saturated heterocycles. The Hall–Kier alpha value is -3.33. The van der Waals surface area contributed by atoms with E-state index in [1.165, 1.54) is 0 Å². The molecular weight excluding hydrogens is 430 g/mol. The van der Waals surface area contributed by atoms with Crippen molar-refractivity contribution in [2.45, 2.75) is 25.4 Å². The van der Waals surface area contributed by atoms with Crippen molar-refractivity contribution in [1.82, 2.24) is 15.1 Å². The van der Waals surface area contributed by atoms with E-state index in [4.69, 9.17) is 4.74 Å². The lowest BCUT2D eigenvalue weighted by atomic mass is 9.95. The van der Waals surface area contributed by atoms with Crippen molar-refractivity contribution in [3.05, 3.63) is 65.4 Å². The predicted molar refractivity (Wildman–Crippen MR) is 118 cm³/mol. The molecule has 2 aliphatic heterocycles. The molecule has 0 radical (unpaired) electrons. The summed E-state index contributed by atoms with van der Waals surface area (Å²) in [6, 6.07) is 13.3. The van der Waals surface area contributed by atoms with Gasteiger partial charge in [0.15, 0.2) is 9.84 Å². The quantitative estimate of drug-likeness (QED) is 0.614. The summed E-state index contributed by atoms with van der Waals surface area (Å²) in [5, 5.41) is 17.6. The zero-order chi connectivity index (χ0) is 22.5. The van der Waals surface area contributed by atoms with E-state index >= 15 is 0 Å². The van der Waals surface area contributed by atoms with Crippen LogP contribution in [0.5, 0.6) is 11.5 Å². The van der Waals surface area contributed by atoms with Crippen molar-refractivity contribution in [2.24, 2.45) is 0 Å². The van der Waals surface area contributed by atoms with Crippen LogP contribution in [0.2, 0.25) is 0 Å². The summed E-state index contributed by atoms with van der Waals surface area (Å²) in [4.78, 5) is 15.1. The SMILES string of the molecule is CCOc1ccc(C2c3c(-c4ccccc4O)n[nH]c3C(=O)N2C2CCS(=O)(=O)C2)cc1. The average molecular weight is 454 g/mol. The molecule has 166 valence electrons. The third kappa shape index (κ3) is 3.33. The first-order chi connectivity index (χ1) is 15.4. The van der Waals surface area contributed by atoms with Crippen LogP contribution in [-0.4, -0.2) is 58.7 Å². The molecule has 32 heavy (non-hydrogen) atoms. The minimum atomic E-state index is -3.20. The first kappa shape index (κ1) is 20.6. The van der Waals surface area contributed by atoms with Crippen LogP contribution in [0.1, 0.15) is 41.0 Å². The van der Waals surface area contributed by atoms with E-state index in [0.29, 0.717) is 41.3 Å². The van der Waals surface area contributed by atoms with Crippen LogP contribution in [0.3, 0.4) is 0 Å². The summed E-state index contributed by atoms with van der Waals surface area (Å²) in [6.45, 7) is 2.44. The van der Waals surface area contributed by atoms with Crippen LogP contribution in [0, 0.1) is 0 Å². The number of aromatic hydroxyl groups is 1. The number of rotatable bonds is 5. The number of H-pyrrole nitrogens is 1. The van der Waals surface area contributed by atoms with Crippen molar-refractivity contribution in [2.75, 3.05) is 18.1 Å². The summed E-state index contributed by atoms with van der Waals surface area (Å²) >= 11 is 0. The molecule has 2 atom stereocenters. The zero-order valence-corrected chi connectivity index (χ0v) is 18.3. The number of fused-ring (bicyclic) bond motifs is 1. The number of hydrogen-bond donors (Lipinski definition) is 2. The van der Waals surface area contributed by atoms with Gasteiger partial charge in [-0.25, -0.2) is 8.42 Å². The van der Waals surface area contributed by atoms with E-state index in [1.54, 1.807) is 29.2 Å². The van der Waals surface area contributed by atoms with Gasteiger partial charge in [-0.1, -0.05) is 24.3 Å². The molecule has 2 aromatic carbocycles. The maximum absolute atomic E-state index is 13.5. The minimum Gasteiger partial charge on any atom is -0.507 e. The predicted octanol–water partition coefficient (Wildman–Crippen LogP) is 2.91. The molecule has 2 unspecified atom stereocenters. The average Bonchev–Trinajstić information content (AvgIpc) is 3.43. The fourth-order valence-corrected chi connectivity index (χ4v) is 6.37. The van der Waals surface area contributed by atoms with E-state index in [9.17, 15) is 18.3 Å². The summed E-state index contributed by atoms with van der Waals surface area (Å²) < 4.78 is 30.0. The van der Waals surface area contributed by atoms with Crippen molar-refractivity contribution < 1.29 is 23.1 Å². The molecular formula is C23H23N3O5S. The lowest BCUT2D eigenvalue weighted by Gasteiger charge is -2.31. The largest absolute Gasteiger partial charge is 0.507 e. The number of carbonyl (C=O) groups excluding carboxylic acids is 1. The second-order valence-electron chi connectivity index (χ2n) is 8.05. The second-order valence-corrected chi connectivity index (χ2v) is 10.3. The molecule has 1 aromatic heterocycles. The van der Waals surface area contributed by atoms with Gasteiger partial charge in [0, 0.05) is 17.2 Å². The molecule has 3 aromatic rings. The van der Waals surface area contributed by atoms with Gasteiger partial charge in [0.2, 0.25) is 0 Å². The molecule has 1 amide bonds. The van der Waals surface area contributed by atoms with Crippen LogP contribution in [-0.2, 0) is 9.84 Å². The van der Waals surface area contributed by atoms with Crippen LogP contribution >= 0.6 is 0 Å². The van der Waals surface area contributed by atoms with E-state index in [0.717, 1.165) is 5.56 Å². The van der Waals surface area contributed by atoms with E-state index in [1.807, 2.05) is 31.2 Å². The fraction of sp³-hybridized carbons (Fsp3) is 0.304. The first-order valence-electron chi connectivity index (χ1n) is 10.5. The summed E-state index contributed by atoms with van der Waals surface area (Å²) in [7, 11) is -3.20. The highest BCUT2D eigenvalue weighted by Crippen LogP contribution is 2.46. The number of benzene rings is 2. The Bertz CT molecular complexity index is 1280. The van der Waals surface area contributed by atoms with Crippen LogP contribution in [0.15, 0.2) is 48.5 Å². The van der Waals surface area contributed by atoms with Gasteiger partial charge in [-0.05, 0) is 43.2 Å². The van der Waals surface area contributed by atoms with E-state index in [2.05, 4.69) is 10.2 Å². The van der Waals surface area contributed by atoms with Crippen LogP contribution in [0.25, 0.3) is 11.3 Å². The molecule has 9 heteroatoms. The molecule has 0 bridgehead atoms. The number of phenolic OH excluding ortho intramolecular Hbond substituents is 1. The monoisotopic (exact) mass is 453 g/mol. The van der Waals surface area contributed by atoms with Gasteiger partial charge in [-0.2, -0.15) is 5.10 Å². The Balaban J connectivity index is 1.66. The number of sulfone groups is 1. The molecule has 0 saturated carbocycles. The standard InChI is InChI=1S/C23H23N3O5S/c1-2-31-16-9-7-14(8-10-16)22-19-20(17-5-3-4-6-18(17)27)24-25-21(19)23(28)26(22)15-11-12-32(29,30)13-15/h3-10,15,22,27H,2,11-13H2,1H3,(H,24,25). The Morgan fingerprint density at radius 1 is 1.19 bits per heavy atom. The molecule has 3 heterocycles. The highest BCUT2D eigenvalue weighted by molar-refractivity contribution is 7.91. The number of nitrogens with one attached hydrogen (secondary N) is 1. The number of amides is 1. The van der Waals surface area contributed by atoms with Gasteiger partial charge in [-0.3, -0.25) is 9.89 Å². The normalized spacial score (nSPS) is 21.7. The number of ether oxygens (including phenoxy) is 1.